The Hall–Kier alpha value is -0.640. The molecular weight excluding hydrogens is 246 g/mol. The lowest BCUT2D eigenvalue weighted by Gasteiger charge is -2.34. The van der Waals surface area contributed by atoms with Crippen molar-refractivity contribution in [2.45, 2.75) is 19.4 Å². The van der Waals surface area contributed by atoms with Gasteiger partial charge in [-0.15, -0.1) is 0 Å². The Balaban J connectivity index is 1.45. The Morgan fingerprint density at radius 2 is 1.83 bits per heavy atom. The Bertz CT molecular complexity index is 381. The quantitative estimate of drug-likeness (QED) is 0.779. The van der Waals surface area contributed by atoms with Gasteiger partial charge in [0.25, 0.3) is 0 Å². The van der Waals surface area contributed by atoms with Crippen LogP contribution >= 0.6 is 11.6 Å². The van der Waals surface area contributed by atoms with Gasteiger partial charge in [-0.1, -0.05) is 17.7 Å². The first-order valence-corrected chi connectivity index (χ1v) is 7.22. The summed E-state index contributed by atoms with van der Waals surface area (Å²) in [5, 5.41) is 0.577. The number of piperazine rings is 1. The normalized spacial score (nSPS) is 22.3. The highest BCUT2D eigenvalue weighted by Crippen LogP contribution is 2.29. The van der Waals surface area contributed by atoms with Crippen molar-refractivity contribution in [3.63, 3.8) is 0 Å². The van der Waals surface area contributed by atoms with Crippen LogP contribution in [-0.2, 0) is 6.54 Å². The highest BCUT2D eigenvalue weighted by atomic mass is 35.5. The molecule has 0 bridgehead atoms. The molecular formula is C14H20ClN3. The number of aromatic nitrogens is 1. The molecule has 98 valence electrons. The smallest absolute Gasteiger partial charge is 0.129 e. The molecule has 0 atom stereocenters. The van der Waals surface area contributed by atoms with Gasteiger partial charge in [0.2, 0.25) is 0 Å². The highest BCUT2D eigenvalue weighted by molar-refractivity contribution is 6.29. The zero-order chi connectivity index (χ0) is 12.4. The maximum atomic E-state index is 5.80. The van der Waals surface area contributed by atoms with Gasteiger partial charge < -0.3 is 4.90 Å². The van der Waals surface area contributed by atoms with Crippen molar-refractivity contribution in [1.82, 2.24) is 14.8 Å². The Morgan fingerprint density at radius 3 is 2.44 bits per heavy atom. The predicted molar refractivity (Wildman–Crippen MR) is 73.7 cm³/mol. The van der Waals surface area contributed by atoms with Gasteiger partial charge in [0, 0.05) is 45.5 Å². The lowest BCUT2D eigenvalue weighted by atomic mass is 10.2. The molecule has 1 aromatic heterocycles. The van der Waals surface area contributed by atoms with Gasteiger partial charge in [-0.05, 0) is 30.4 Å². The van der Waals surface area contributed by atoms with E-state index in [0.717, 1.165) is 12.5 Å². The SMILES string of the molecule is Clc1ccc(CN2CCN(CC3CC3)CC2)cn1. The van der Waals surface area contributed by atoms with Crippen LogP contribution in [0.3, 0.4) is 0 Å². The van der Waals surface area contributed by atoms with Crippen molar-refractivity contribution in [3.8, 4) is 0 Å². The second-order valence-corrected chi connectivity index (χ2v) is 5.90. The number of hydrogen-bond acceptors (Lipinski definition) is 3. The van der Waals surface area contributed by atoms with Crippen LogP contribution in [0.4, 0.5) is 0 Å². The van der Waals surface area contributed by atoms with Gasteiger partial charge in [-0.2, -0.15) is 0 Å². The molecule has 18 heavy (non-hydrogen) atoms. The van der Waals surface area contributed by atoms with E-state index in [2.05, 4.69) is 20.9 Å². The third-order valence-electron chi connectivity index (χ3n) is 3.87. The molecule has 3 nitrogen and oxygen atoms in total. The number of nitrogens with zero attached hydrogens (tertiary/aromatic N) is 3. The molecule has 1 aliphatic carbocycles. The molecule has 0 unspecified atom stereocenters. The summed E-state index contributed by atoms with van der Waals surface area (Å²) in [5.41, 5.74) is 1.26. The molecule has 0 N–H and O–H groups in total. The molecule has 1 aromatic rings. The van der Waals surface area contributed by atoms with Crippen LogP contribution in [0.5, 0.6) is 0 Å². The summed E-state index contributed by atoms with van der Waals surface area (Å²) in [6, 6.07) is 3.95. The van der Waals surface area contributed by atoms with Gasteiger partial charge in [0.05, 0.1) is 0 Å². The van der Waals surface area contributed by atoms with Crippen LogP contribution < -0.4 is 0 Å². The van der Waals surface area contributed by atoms with Gasteiger partial charge in [-0.3, -0.25) is 4.90 Å². The number of halogens is 1. The first kappa shape index (κ1) is 12.4. The average Bonchev–Trinajstić information content (AvgIpc) is 3.19. The standard InChI is InChI=1S/C14H20ClN3/c15-14-4-3-13(9-16-14)11-18-7-5-17(6-8-18)10-12-1-2-12/h3-4,9,12H,1-2,5-8,10-11H2. The maximum absolute atomic E-state index is 5.80. The zero-order valence-corrected chi connectivity index (χ0v) is 11.4. The van der Waals surface area contributed by atoms with Crippen LogP contribution in [0.2, 0.25) is 5.15 Å². The minimum atomic E-state index is 0.577. The van der Waals surface area contributed by atoms with E-state index in [0.29, 0.717) is 5.15 Å². The van der Waals surface area contributed by atoms with E-state index in [1.54, 1.807) is 0 Å². The van der Waals surface area contributed by atoms with E-state index in [4.69, 9.17) is 11.6 Å². The topological polar surface area (TPSA) is 19.4 Å². The summed E-state index contributed by atoms with van der Waals surface area (Å²) < 4.78 is 0. The van der Waals surface area contributed by atoms with E-state index in [9.17, 15) is 0 Å². The molecule has 2 heterocycles. The Labute approximate surface area is 114 Å². The van der Waals surface area contributed by atoms with Crippen LogP contribution in [-0.4, -0.2) is 47.5 Å². The number of rotatable bonds is 4. The second-order valence-electron chi connectivity index (χ2n) is 5.51. The fourth-order valence-electron chi connectivity index (χ4n) is 2.55. The van der Waals surface area contributed by atoms with E-state index in [1.807, 2.05) is 12.3 Å². The highest BCUT2D eigenvalue weighted by Gasteiger charge is 2.26. The predicted octanol–water partition coefficient (Wildman–Crippen LogP) is 2.26. The van der Waals surface area contributed by atoms with E-state index in [1.165, 1.54) is 51.1 Å². The molecule has 0 aromatic carbocycles. The van der Waals surface area contributed by atoms with Crippen molar-refractivity contribution in [1.29, 1.82) is 0 Å². The van der Waals surface area contributed by atoms with Crippen molar-refractivity contribution < 1.29 is 0 Å². The van der Waals surface area contributed by atoms with E-state index >= 15 is 0 Å². The minimum Gasteiger partial charge on any atom is -0.301 e. The second kappa shape index (κ2) is 5.55. The minimum absolute atomic E-state index is 0.577. The zero-order valence-electron chi connectivity index (χ0n) is 10.7. The van der Waals surface area contributed by atoms with Crippen LogP contribution in [0.15, 0.2) is 18.3 Å². The molecule has 0 amide bonds. The average molecular weight is 266 g/mol. The maximum Gasteiger partial charge on any atom is 0.129 e. The number of pyridine rings is 1. The molecule has 0 spiro atoms. The summed E-state index contributed by atoms with van der Waals surface area (Å²) in [5.74, 6) is 1.01. The Morgan fingerprint density at radius 1 is 1.11 bits per heavy atom. The van der Waals surface area contributed by atoms with Crippen LogP contribution in [0.25, 0.3) is 0 Å². The summed E-state index contributed by atoms with van der Waals surface area (Å²) >= 11 is 5.80. The van der Waals surface area contributed by atoms with Crippen molar-refractivity contribution in [2.75, 3.05) is 32.7 Å². The summed E-state index contributed by atoms with van der Waals surface area (Å²) in [7, 11) is 0. The molecule has 3 rings (SSSR count). The van der Waals surface area contributed by atoms with Gasteiger partial charge in [-0.25, -0.2) is 4.98 Å². The molecule has 2 fully saturated rings. The van der Waals surface area contributed by atoms with Gasteiger partial charge in [0.15, 0.2) is 0 Å². The molecule has 1 saturated carbocycles. The lowest BCUT2D eigenvalue weighted by molar-refractivity contribution is 0.123. The largest absolute Gasteiger partial charge is 0.301 e. The van der Waals surface area contributed by atoms with Gasteiger partial charge >= 0.3 is 0 Å². The van der Waals surface area contributed by atoms with E-state index < -0.39 is 0 Å². The molecule has 0 radical (unpaired) electrons. The molecule has 4 heteroatoms. The Kier molecular flexibility index (Phi) is 3.83. The first-order valence-electron chi connectivity index (χ1n) is 6.85. The van der Waals surface area contributed by atoms with Crippen LogP contribution in [0, 0.1) is 5.92 Å². The fourth-order valence-corrected chi connectivity index (χ4v) is 2.67. The molecule has 2 aliphatic rings. The van der Waals surface area contributed by atoms with Crippen molar-refractivity contribution in [2.24, 2.45) is 5.92 Å². The third kappa shape index (κ3) is 3.44. The van der Waals surface area contributed by atoms with Crippen molar-refractivity contribution in [3.05, 3.63) is 29.0 Å². The monoisotopic (exact) mass is 265 g/mol. The van der Waals surface area contributed by atoms with Gasteiger partial charge in [0.1, 0.15) is 5.15 Å². The fraction of sp³-hybridized carbons (Fsp3) is 0.643. The summed E-state index contributed by atoms with van der Waals surface area (Å²) in [6.07, 6.45) is 4.80. The third-order valence-corrected chi connectivity index (χ3v) is 4.10. The van der Waals surface area contributed by atoms with Crippen LogP contribution in [0.1, 0.15) is 18.4 Å². The number of hydrogen-bond donors (Lipinski definition) is 0. The first-order chi connectivity index (χ1) is 8.79. The summed E-state index contributed by atoms with van der Waals surface area (Å²) in [6.45, 7) is 7.12. The summed E-state index contributed by atoms with van der Waals surface area (Å²) in [4.78, 5) is 9.26. The lowest BCUT2D eigenvalue weighted by Crippen LogP contribution is -2.46. The van der Waals surface area contributed by atoms with Crippen molar-refractivity contribution >= 4 is 11.6 Å². The molecule has 1 aliphatic heterocycles. The molecule has 1 saturated heterocycles. The van der Waals surface area contributed by atoms with E-state index in [-0.39, 0.29) is 0 Å².